The molecule has 0 radical (unpaired) electrons. The third-order valence-corrected chi connectivity index (χ3v) is 8.14. The predicted molar refractivity (Wildman–Crippen MR) is 132 cm³/mol. The number of rotatable bonds is 6. The summed E-state index contributed by atoms with van der Waals surface area (Å²) in [6.07, 6.45) is -7.32. The van der Waals surface area contributed by atoms with E-state index in [1.54, 1.807) is 12.1 Å². The fraction of sp³-hybridized carbons (Fsp3) is 0.464. The molecule has 3 unspecified atom stereocenters. The van der Waals surface area contributed by atoms with Gasteiger partial charge in [-0.1, -0.05) is 24.3 Å². The highest BCUT2D eigenvalue weighted by atomic mass is 19.4. The Morgan fingerprint density at radius 1 is 1.07 bits per heavy atom. The van der Waals surface area contributed by atoms with Crippen LogP contribution in [0.2, 0.25) is 0 Å². The molecule has 3 heterocycles. The first-order valence-electron chi connectivity index (χ1n) is 13.0. The van der Waals surface area contributed by atoms with E-state index in [0.29, 0.717) is 28.8 Å². The number of hydrogen-bond acceptors (Lipinski definition) is 5. The van der Waals surface area contributed by atoms with Gasteiger partial charge in [0, 0.05) is 50.5 Å². The van der Waals surface area contributed by atoms with Crippen molar-refractivity contribution in [2.24, 2.45) is 5.92 Å². The number of fused-ring (bicyclic) bond motifs is 1. The van der Waals surface area contributed by atoms with E-state index in [9.17, 15) is 41.4 Å². The molecule has 3 atom stereocenters. The van der Waals surface area contributed by atoms with Crippen LogP contribution in [0.1, 0.15) is 58.3 Å². The van der Waals surface area contributed by atoms with E-state index in [1.165, 1.54) is 23.1 Å². The average Bonchev–Trinajstić information content (AvgIpc) is 3.21. The van der Waals surface area contributed by atoms with Crippen molar-refractivity contribution in [1.29, 1.82) is 0 Å². The van der Waals surface area contributed by atoms with E-state index in [0.717, 1.165) is 12.1 Å². The zero-order valence-electron chi connectivity index (χ0n) is 21.4. The topological polar surface area (TPSA) is 90.0 Å². The number of imide groups is 1. The van der Waals surface area contributed by atoms with Crippen molar-refractivity contribution in [3.8, 4) is 0 Å². The number of hydrogen-bond donors (Lipinski definition) is 2. The predicted octanol–water partition coefficient (Wildman–Crippen LogP) is 3.83. The van der Waals surface area contributed by atoms with Gasteiger partial charge < -0.3 is 10.0 Å². The van der Waals surface area contributed by atoms with E-state index in [4.69, 9.17) is 0 Å². The zero-order chi connectivity index (χ0) is 28.8. The summed E-state index contributed by atoms with van der Waals surface area (Å²) in [6, 6.07) is 8.59. The van der Waals surface area contributed by atoms with Crippen molar-refractivity contribution >= 4 is 17.7 Å². The van der Waals surface area contributed by atoms with Crippen molar-refractivity contribution in [1.82, 2.24) is 15.1 Å². The third-order valence-electron chi connectivity index (χ3n) is 8.14. The monoisotopic (exact) mass is 565 g/mol. The van der Waals surface area contributed by atoms with Crippen LogP contribution in [0.25, 0.3) is 0 Å². The molecule has 0 saturated carbocycles. The number of carbonyl (C=O) groups excluding carboxylic acids is 3. The maximum absolute atomic E-state index is 13.6. The molecule has 7 nitrogen and oxygen atoms in total. The second-order valence-corrected chi connectivity index (χ2v) is 10.7. The average molecular weight is 566 g/mol. The molecule has 5 rings (SSSR count). The lowest BCUT2D eigenvalue weighted by Crippen LogP contribution is -2.52. The number of alkyl halides is 5. The maximum atomic E-state index is 13.6. The zero-order valence-corrected chi connectivity index (χ0v) is 21.4. The molecule has 0 bridgehead atoms. The third kappa shape index (κ3) is 5.46. The van der Waals surface area contributed by atoms with Gasteiger partial charge in [0.1, 0.15) is 6.04 Å². The largest absolute Gasteiger partial charge is 0.416 e. The molecule has 2 saturated heterocycles. The fourth-order valence-electron chi connectivity index (χ4n) is 6.00. The molecule has 2 fully saturated rings. The van der Waals surface area contributed by atoms with Crippen LogP contribution in [-0.2, 0) is 34.5 Å². The van der Waals surface area contributed by atoms with Gasteiger partial charge in [0.15, 0.2) is 0 Å². The number of amides is 3. The van der Waals surface area contributed by atoms with Crippen LogP contribution in [-0.4, -0.2) is 58.2 Å². The summed E-state index contributed by atoms with van der Waals surface area (Å²) in [4.78, 5) is 40.1. The molecule has 0 spiro atoms. The van der Waals surface area contributed by atoms with Gasteiger partial charge in [-0.05, 0) is 47.7 Å². The van der Waals surface area contributed by atoms with Gasteiger partial charge in [0.05, 0.1) is 11.2 Å². The van der Waals surface area contributed by atoms with Gasteiger partial charge in [-0.3, -0.25) is 24.6 Å². The molecule has 12 heteroatoms. The molecule has 40 heavy (non-hydrogen) atoms. The minimum Gasteiger partial charge on any atom is -0.385 e. The minimum atomic E-state index is -4.46. The number of halogens is 5. The van der Waals surface area contributed by atoms with E-state index < -0.39 is 54.0 Å². The Labute approximate surface area is 226 Å². The van der Waals surface area contributed by atoms with Crippen LogP contribution >= 0.6 is 0 Å². The summed E-state index contributed by atoms with van der Waals surface area (Å²) < 4.78 is 65.9. The Balaban J connectivity index is 1.33. The van der Waals surface area contributed by atoms with E-state index in [1.807, 2.05) is 4.90 Å². The Morgan fingerprint density at radius 2 is 1.80 bits per heavy atom. The molecule has 2 aromatic rings. The number of piperidine rings is 2. The maximum Gasteiger partial charge on any atom is 0.416 e. The second-order valence-electron chi connectivity index (χ2n) is 10.7. The highest BCUT2D eigenvalue weighted by Crippen LogP contribution is 2.42. The minimum absolute atomic E-state index is 0.0872. The smallest absolute Gasteiger partial charge is 0.385 e. The Bertz CT molecular complexity index is 1320. The number of nitrogens with one attached hydrogen (secondary N) is 1. The summed E-state index contributed by atoms with van der Waals surface area (Å²) in [7, 11) is 0. The fourth-order valence-corrected chi connectivity index (χ4v) is 6.00. The van der Waals surface area contributed by atoms with E-state index >= 15 is 0 Å². The van der Waals surface area contributed by atoms with Gasteiger partial charge in [0.25, 0.3) is 5.91 Å². The van der Waals surface area contributed by atoms with Gasteiger partial charge in [-0.25, -0.2) is 8.78 Å². The van der Waals surface area contributed by atoms with Gasteiger partial charge in [-0.2, -0.15) is 13.2 Å². The van der Waals surface area contributed by atoms with Crippen molar-refractivity contribution in [3.05, 3.63) is 70.3 Å². The lowest BCUT2D eigenvalue weighted by atomic mass is 9.74. The molecule has 214 valence electrons. The molecule has 3 aliphatic rings. The Morgan fingerprint density at radius 3 is 2.45 bits per heavy atom. The van der Waals surface area contributed by atoms with Crippen LogP contribution in [0.4, 0.5) is 22.0 Å². The first-order valence-corrected chi connectivity index (χ1v) is 13.0. The molecule has 3 amide bonds. The standard InChI is InChI=1S/C28H28F5N3O4/c29-23(30)12-20-15-35(13-16-1-3-18(4-2-16)28(31,32)33)10-9-27(20,40)19-5-6-21-17(11-19)14-36(26(21)39)22-7-8-24(37)34-25(22)38/h1-6,11,20,22-23,40H,7-10,12-15H2,(H,34,37,38). The molecule has 2 aromatic carbocycles. The van der Waals surface area contributed by atoms with Crippen LogP contribution in [0.3, 0.4) is 0 Å². The number of likely N-dealkylation sites (tertiary alicyclic amines) is 1. The Hall–Kier alpha value is -3.38. The van der Waals surface area contributed by atoms with E-state index in [-0.39, 0.29) is 44.8 Å². The first kappa shape index (κ1) is 28.2. The van der Waals surface area contributed by atoms with Crippen LogP contribution < -0.4 is 5.32 Å². The molecule has 2 N–H and O–H groups in total. The normalized spacial score (nSPS) is 25.9. The Kier molecular flexibility index (Phi) is 7.43. The molecule has 3 aliphatic heterocycles. The molecule has 0 aromatic heterocycles. The van der Waals surface area contributed by atoms with Gasteiger partial charge >= 0.3 is 6.18 Å². The van der Waals surface area contributed by atoms with Crippen LogP contribution in [0.5, 0.6) is 0 Å². The van der Waals surface area contributed by atoms with Crippen molar-refractivity contribution in [2.45, 2.75) is 63.0 Å². The number of carbonyl (C=O) groups is 3. The second kappa shape index (κ2) is 10.5. The van der Waals surface area contributed by atoms with Crippen LogP contribution in [0, 0.1) is 5.92 Å². The number of nitrogens with zero attached hydrogens (tertiary/aromatic N) is 2. The van der Waals surface area contributed by atoms with Gasteiger partial charge in [-0.15, -0.1) is 0 Å². The SMILES string of the molecule is O=C1CCC(N2Cc3cc(C4(O)CCN(Cc5ccc(C(F)(F)F)cc5)CC4CC(F)F)ccc3C2=O)C(=O)N1. The van der Waals surface area contributed by atoms with Gasteiger partial charge in [0.2, 0.25) is 18.2 Å². The quantitative estimate of drug-likeness (QED) is 0.411. The number of benzene rings is 2. The summed E-state index contributed by atoms with van der Waals surface area (Å²) >= 11 is 0. The highest BCUT2D eigenvalue weighted by molar-refractivity contribution is 6.05. The van der Waals surface area contributed by atoms with Crippen molar-refractivity contribution in [3.63, 3.8) is 0 Å². The van der Waals surface area contributed by atoms with Crippen molar-refractivity contribution in [2.75, 3.05) is 13.1 Å². The summed E-state index contributed by atoms with van der Waals surface area (Å²) in [5.74, 6) is -2.20. The molecule has 0 aliphatic carbocycles. The lowest BCUT2D eigenvalue weighted by molar-refractivity contribution is -0.138. The first-order chi connectivity index (χ1) is 18.8. The highest BCUT2D eigenvalue weighted by Gasteiger charge is 2.45. The summed E-state index contributed by atoms with van der Waals surface area (Å²) in [5.41, 5.74) is -0.493. The summed E-state index contributed by atoms with van der Waals surface area (Å²) in [5, 5.41) is 14.0. The van der Waals surface area contributed by atoms with E-state index in [2.05, 4.69) is 5.32 Å². The lowest BCUT2D eigenvalue weighted by Gasteiger charge is -2.45. The molecular formula is C28H28F5N3O4. The summed E-state index contributed by atoms with van der Waals surface area (Å²) in [6.45, 7) is 0.743. The molecular weight excluding hydrogens is 537 g/mol. The van der Waals surface area contributed by atoms with Crippen molar-refractivity contribution < 1.29 is 41.4 Å². The van der Waals surface area contributed by atoms with Crippen LogP contribution in [0.15, 0.2) is 42.5 Å². The number of aliphatic hydroxyl groups is 1.